The molecule has 3 rings (SSSR count). The van der Waals surface area contributed by atoms with Crippen LogP contribution in [-0.4, -0.2) is 123 Å². The number of aromatic nitrogens is 4. The lowest BCUT2D eigenvalue weighted by atomic mass is 9.87. The zero-order chi connectivity index (χ0) is 52.7. The smallest absolute Gasteiger partial charge is 0.386 e. The topological polar surface area (TPSA) is 364 Å². The lowest BCUT2D eigenvalue weighted by Gasteiger charge is -2.30. The van der Waals surface area contributed by atoms with Crippen LogP contribution >= 0.6 is 35.2 Å². The van der Waals surface area contributed by atoms with E-state index in [4.69, 9.17) is 19.5 Å². The molecule has 2 amide bonds. The Morgan fingerprint density at radius 3 is 2.06 bits per heavy atom. The van der Waals surface area contributed by atoms with Gasteiger partial charge in [-0.25, -0.2) is 28.6 Å². The molecule has 71 heavy (non-hydrogen) atoms. The van der Waals surface area contributed by atoms with Crippen molar-refractivity contribution in [1.29, 1.82) is 0 Å². The average molecular weight is 1090 g/mol. The van der Waals surface area contributed by atoms with Crippen LogP contribution in [0.5, 0.6) is 0 Å². The number of anilines is 1. The maximum absolute atomic E-state index is 12.8. The molecule has 2 aromatic rings. The fourth-order valence-corrected chi connectivity index (χ4v) is 11.3. The molecule has 1 aliphatic heterocycles. The molecule has 0 aromatic carbocycles. The van der Waals surface area contributed by atoms with Crippen molar-refractivity contribution in [3.05, 3.63) is 12.7 Å². The van der Waals surface area contributed by atoms with Gasteiger partial charge in [-0.15, -0.1) is 0 Å². The maximum atomic E-state index is 12.8. The summed E-state index contributed by atoms with van der Waals surface area (Å²) in [5.74, 6) is -0.142. The maximum Gasteiger partial charge on any atom is 0.481 e. The molecule has 3 heterocycles. The number of carbonyl (C=O) groups is 3. The van der Waals surface area contributed by atoms with Crippen molar-refractivity contribution >= 4 is 69.1 Å². The van der Waals surface area contributed by atoms with E-state index < -0.39 is 84.6 Å². The molecule has 8 unspecified atom stereocenters. The Labute approximate surface area is 420 Å². The first-order valence-corrected chi connectivity index (χ1v) is 30.0. The fraction of sp³-hybridized carbons (Fsp3) is 0.814. The number of nitrogens with two attached hydrogens (primary N) is 1. The number of fused-ring (bicyclic) bond motifs is 1. The molecule has 1 fully saturated rings. The number of ether oxygens (including phenoxy) is 1. The average Bonchev–Trinajstić information content (AvgIpc) is 3.86. The minimum absolute atomic E-state index is 0.0342. The zero-order valence-corrected chi connectivity index (χ0v) is 44.9. The Balaban J connectivity index is 1.25. The van der Waals surface area contributed by atoms with Gasteiger partial charge in [0.25, 0.3) is 0 Å². The molecule has 28 heteroatoms. The zero-order valence-electron chi connectivity index (χ0n) is 41.4. The van der Waals surface area contributed by atoms with Gasteiger partial charge in [0.15, 0.2) is 22.8 Å². The Morgan fingerprint density at radius 1 is 0.845 bits per heavy atom. The van der Waals surface area contributed by atoms with E-state index in [9.17, 15) is 57.9 Å². The molecular formula is C43H78N7O17P3S. The van der Waals surface area contributed by atoms with E-state index in [0.717, 1.165) is 54.2 Å². The third-order valence-corrected chi connectivity index (χ3v) is 15.9. The van der Waals surface area contributed by atoms with Crippen LogP contribution in [0.15, 0.2) is 12.7 Å². The van der Waals surface area contributed by atoms with Crippen molar-refractivity contribution in [1.82, 2.24) is 30.2 Å². The van der Waals surface area contributed by atoms with Crippen LogP contribution < -0.4 is 16.4 Å². The summed E-state index contributed by atoms with van der Waals surface area (Å²) < 4.78 is 62.5. The predicted octanol–water partition coefficient (Wildman–Crippen LogP) is 6.34. The van der Waals surface area contributed by atoms with Crippen molar-refractivity contribution in [2.45, 2.75) is 180 Å². The lowest BCUT2D eigenvalue weighted by Crippen LogP contribution is -2.46. The van der Waals surface area contributed by atoms with Gasteiger partial charge in [-0.1, -0.05) is 142 Å². The van der Waals surface area contributed by atoms with E-state index in [0.29, 0.717) is 12.2 Å². The number of nitrogens with one attached hydrogen (secondary N) is 2. The summed E-state index contributed by atoms with van der Waals surface area (Å²) in [5, 5.41) is 26.7. The van der Waals surface area contributed by atoms with E-state index in [-0.39, 0.29) is 41.6 Å². The van der Waals surface area contributed by atoms with Crippen LogP contribution in [0.2, 0.25) is 0 Å². The second-order valence-electron chi connectivity index (χ2n) is 18.7. The van der Waals surface area contributed by atoms with Gasteiger partial charge < -0.3 is 50.9 Å². The summed E-state index contributed by atoms with van der Waals surface area (Å²) in [7, 11) is -16.4. The fourth-order valence-electron chi connectivity index (χ4n) is 7.77. The number of phosphoric acid groups is 3. The van der Waals surface area contributed by atoms with Crippen molar-refractivity contribution in [3.8, 4) is 0 Å². The van der Waals surface area contributed by atoms with Crippen LogP contribution in [0.25, 0.3) is 11.2 Å². The standard InChI is InChI=1S/C43H78N7O17P3S/c1-5-6-20-31(2)21-18-16-14-12-10-8-7-9-11-13-15-17-19-22-34(52)71-26-25-45-33(51)23-24-46-41(55)38(54)43(3,4)28-64-70(61,62)67-69(59,60)63-27-32-37(66-68(56,57)58)36(53)42(65-32)50-30-49-35-39(44)47-29-48-40(35)50/h29-32,36-38,42,53-54H,5-28H2,1-4H3,(H,45,51)(H,46,55)(H,59,60)(H,61,62)(H2,44,47,48)(H2,56,57,58). The molecular weight excluding hydrogens is 1010 g/mol. The van der Waals surface area contributed by atoms with Gasteiger partial charge in [-0.2, -0.15) is 4.31 Å². The molecule has 24 nitrogen and oxygen atoms in total. The second-order valence-corrected chi connectivity index (χ2v) is 24.1. The normalized spacial score (nSPS) is 20.1. The Hall–Kier alpha value is -2.44. The number of thioether (sulfide) groups is 1. The molecule has 0 bridgehead atoms. The number of phosphoric ester groups is 3. The summed E-state index contributed by atoms with van der Waals surface area (Å²) >= 11 is 1.16. The summed E-state index contributed by atoms with van der Waals surface area (Å²) in [6, 6.07) is 0. The largest absolute Gasteiger partial charge is 0.481 e. The number of imidazole rings is 1. The minimum atomic E-state index is -5.58. The summed E-state index contributed by atoms with van der Waals surface area (Å²) in [4.78, 5) is 88.5. The Morgan fingerprint density at radius 2 is 1.44 bits per heavy atom. The first kappa shape index (κ1) is 62.9. The van der Waals surface area contributed by atoms with Crippen LogP contribution in [0.1, 0.15) is 156 Å². The number of nitrogens with zero attached hydrogens (tertiary/aromatic N) is 4. The Kier molecular flexibility index (Phi) is 27.8. The summed E-state index contributed by atoms with van der Waals surface area (Å²) in [5.41, 5.74) is 4.29. The number of aliphatic hydroxyl groups excluding tert-OH is 2. The van der Waals surface area contributed by atoms with Gasteiger partial charge in [-0.3, -0.25) is 32.5 Å². The number of hydrogen-bond donors (Lipinski definition) is 9. The number of hydrogen-bond acceptors (Lipinski definition) is 18. The molecule has 8 atom stereocenters. The molecule has 1 saturated heterocycles. The van der Waals surface area contributed by atoms with Gasteiger partial charge in [0.2, 0.25) is 11.8 Å². The van der Waals surface area contributed by atoms with E-state index in [1.807, 2.05) is 0 Å². The van der Waals surface area contributed by atoms with E-state index in [1.165, 1.54) is 104 Å². The Bertz CT molecular complexity index is 2080. The highest BCUT2D eigenvalue weighted by Crippen LogP contribution is 2.61. The number of nitrogen functional groups attached to an aromatic ring is 1. The van der Waals surface area contributed by atoms with E-state index >= 15 is 0 Å². The SMILES string of the molecule is CCCCC(C)CCCCCCCCCCCCCCCC(=O)SCCNC(=O)CCNC(=O)C(O)C(C)(C)COP(=O)(O)OP(=O)(O)OCC1OC(n2cnc3c(N)ncnc32)C(O)C1OP(=O)(O)O. The van der Waals surface area contributed by atoms with Crippen LogP contribution in [0, 0.1) is 11.3 Å². The molecule has 0 saturated carbocycles. The molecule has 10 N–H and O–H groups in total. The predicted molar refractivity (Wildman–Crippen MR) is 265 cm³/mol. The highest BCUT2D eigenvalue weighted by atomic mass is 32.2. The van der Waals surface area contributed by atoms with Crippen molar-refractivity contribution in [2.24, 2.45) is 11.3 Å². The summed E-state index contributed by atoms with van der Waals surface area (Å²) in [6.07, 6.45) is 15.1. The van der Waals surface area contributed by atoms with Gasteiger partial charge in [0.05, 0.1) is 19.5 Å². The van der Waals surface area contributed by atoms with Gasteiger partial charge in [0.1, 0.15) is 36.3 Å². The molecule has 1 aliphatic rings. The number of carbonyl (C=O) groups excluding carboxylic acids is 3. The first-order valence-electron chi connectivity index (χ1n) is 24.5. The molecule has 0 aliphatic carbocycles. The van der Waals surface area contributed by atoms with E-state index in [1.54, 1.807) is 0 Å². The molecule has 408 valence electrons. The number of unbranched alkanes of at least 4 members (excludes halogenated alkanes) is 13. The third-order valence-electron chi connectivity index (χ3n) is 11.9. The lowest BCUT2D eigenvalue weighted by molar-refractivity contribution is -0.137. The number of rotatable bonds is 38. The molecule has 0 radical (unpaired) electrons. The quantitative estimate of drug-likeness (QED) is 0.0261. The van der Waals surface area contributed by atoms with Crippen molar-refractivity contribution in [2.75, 3.05) is 37.8 Å². The van der Waals surface area contributed by atoms with Gasteiger partial charge in [-0.05, 0) is 12.3 Å². The van der Waals surface area contributed by atoms with Gasteiger partial charge >= 0.3 is 23.5 Å². The molecule has 2 aromatic heterocycles. The number of aliphatic hydroxyl groups is 2. The third kappa shape index (κ3) is 24.2. The van der Waals surface area contributed by atoms with Crippen LogP contribution in [-0.2, 0) is 50.7 Å². The molecule has 0 spiro atoms. The summed E-state index contributed by atoms with van der Waals surface area (Å²) in [6.45, 7) is 5.23. The van der Waals surface area contributed by atoms with Crippen molar-refractivity contribution < 1.29 is 80.5 Å². The second kappa shape index (κ2) is 31.4. The number of amides is 2. The minimum Gasteiger partial charge on any atom is -0.386 e. The van der Waals surface area contributed by atoms with Crippen LogP contribution in [0.3, 0.4) is 0 Å². The van der Waals surface area contributed by atoms with Crippen LogP contribution in [0.4, 0.5) is 5.82 Å². The first-order chi connectivity index (χ1) is 33.4. The van der Waals surface area contributed by atoms with E-state index in [2.05, 4.69) is 48.3 Å². The highest BCUT2D eigenvalue weighted by Gasteiger charge is 2.50. The van der Waals surface area contributed by atoms with Gasteiger partial charge in [0, 0.05) is 37.1 Å². The monoisotopic (exact) mass is 1090 g/mol. The van der Waals surface area contributed by atoms with Crippen molar-refractivity contribution in [3.63, 3.8) is 0 Å². The highest BCUT2D eigenvalue weighted by molar-refractivity contribution is 8.13.